The van der Waals surface area contributed by atoms with Gasteiger partial charge in [-0.25, -0.2) is 0 Å². The number of nitrogens with zero attached hydrogens (tertiary/aromatic N) is 1. The number of anilines is 1. The Labute approximate surface area is 187 Å². The Balaban J connectivity index is 1.90. The molecule has 1 N–H and O–H groups in total. The van der Waals surface area contributed by atoms with E-state index in [-0.39, 0.29) is 5.91 Å². The number of amides is 1. The largest absolute Gasteiger partial charge is 0.377 e. The van der Waals surface area contributed by atoms with Crippen molar-refractivity contribution in [2.24, 2.45) is 0 Å². The molecule has 0 aliphatic rings. The minimum atomic E-state index is 0.179. The van der Waals surface area contributed by atoms with Crippen molar-refractivity contribution in [3.05, 3.63) is 29.8 Å². The summed E-state index contributed by atoms with van der Waals surface area (Å²) in [6.07, 6.45) is 21.0. The lowest BCUT2D eigenvalue weighted by Gasteiger charge is -2.17. The summed E-state index contributed by atoms with van der Waals surface area (Å²) in [6, 6.07) is 8.25. The second-order valence-electron chi connectivity index (χ2n) is 9.00. The maximum atomic E-state index is 12.1. The van der Waals surface area contributed by atoms with Gasteiger partial charge in [0.15, 0.2) is 0 Å². The molecule has 0 heterocycles. The molecule has 1 amide bonds. The first kappa shape index (κ1) is 26.5. The average Bonchev–Trinajstić information content (AvgIpc) is 2.75. The third-order valence-electron chi connectivity index (χ3n) is 5.96. The molecule has 0 spiro atoms. The normalized spacial score (nSPS) is 10.9. The highest BCUT2D eigenvalue weighted by atomic mass is 16.1. The summed E-state index contributed by atoms with van der Waals surface area (Å²) in [5.41, 5.74) is 2.34. The van der Waals surface area contributed by atoms with E-state index in [4.69, 9.17) is 0 Å². The predicted molar refractivity (Wildman–Crippen MR) is 132 cm³/mol. The molecular weight excluding hydrogens is 368 g/mol. The van der Waals surface area contributed by atoms with Crippen molar-refractivity contribution in [3.63, 3.8) is 0 Å². The van der Waals surface area contributed by atoms with Crippen molar-refractivity contribution in [1.82, 2.24) is 5.32 Å². The van der Waals surface area contributed by atoms with E-state index in [1.54, 1.807) is 0 Å². The van der Waals surface area contributed by atoms with E-state index in [0.717, 1.165) is 6.42 Å². The predicted octanol–water partition coefficient (Wildman–Crippen LogP) is 7.63. The van der Waals surface area contributed by atoms with E-state index in [2.05, 4.69) is 29.3 Å². The number of hydrogen-bond donors (Lipinski definition) is 1. The summed E-state index contributed by atoms with van der Waals surface area (Å²) in [5, 5.41) is 3.08. The maximum Gasteiger partial charge on any atom is 0.220 e. The van der Waals surface area contributed by atoms with Crippen LogP contribution in [0.5, 0.6) is 0 Å². The number of carbonyl (C=O) groups excluding carboxylic acids is 1. The molecule has 0 saturated carbocycles. The third-order valence-corrected chi connectivity index (χ3v) is 5.96. The summed E-state index contributed by atoms with van der Waals surface area (Å²) in [6.45, 7) is 2.90. The van der Waals surface area contributed by atoms with Crippen molar-refractivity contribution in [3.8, 4) is 0 Å². The molecule has 0 atom stereocenters. The first-order chi connectivity index (χ1) is 14.6. The van der Waals surface area contributed by atoms with Crippen molar-refractivity contribution in [2.45, 2.75) is 116 Å². The molecular formula is C27H48N2O. The second kappa shape index (κ2) is 18.3. The number of rotatable bonds is 19. The Morgan fingerprint density at radius 1 is 0.733 bits per heavy atom. The standard InChI is InChI=1S/C27H48N2O/c1-4-5-6-7-8-9-10-11-12-13-14-15-16-17-18-23-27(30)28-24-25-21-19-20-22-26(25)29(2)3/h19-22H,4-18,23-24H2,1-3H3,(H,28,30). The van der Waals surface area contributed by atoms with Gasteiger partial charge in [-0.1, -0.05) is 115 Å². The third kappa shape index (κ3) is 13.7. The lowest BCUT2D eigenvalue weighted by Crippen LogP contribution is -2.23. The Morgan fingerprint density at radius 2 is 1.20 bits per heavy atom. The smallest absolute Gasteiger partial charge is 0.220 e. The van der Waals surface area contributed by atoms with Gasteiger partial charge in [0, 0.05) is 32.7 Å². The summed E-state index contributed by atoms with van der Waals surface area (Å²) >= 11 is 0. The van der Waals surface area contributed by atoms with Gasteiger partial charge in [0.05, 0.1) is 0 Å². The fourth-order valence-electron chi connectivity index (χ4n) is 4.04. The van der Waals surface area contributed by atoms with Crippen LogP contribution in [0, 0.1) is 0 Å². The van der Waals surface area contributed by atoms with Gasteiger partial charge in [-0.15, -0.1) is 0 Å². The molecule has 0 fully saturated rings. The van der Waals surface area contributed by atoms with Crippen LogP contribution in [0.1, 0.15) is 115 Å². The molecule has 0 bridgehead atoms. The van der Waals surface area contributed by atoms with Crippen LogP contribution in [-0.2, 0) is 11.3 Å². The zero-order valence-corrected chi connectivity index (χ0v) is 20.2. The minimum Gasteiger partial charge on any atom is -0.377 e. The Bertz CT molecular complexity index is 541. The highest BCUT2D eigenvalue weighted by Crippen LogP contribution is 2.18. The highest BCUT2D eigenvalue weighted by molar-refractivity contribution is 5.76. The number of nitrogens with one attached hydrogen (secondary N) is 1. The van der Waals surface area contributed by atoms with Gasteiger partial charge < -0.3 is 10.2 Å². The van der Waals surface area contributed by atoms with Gasteiger partial charge in [0.1, 0.15) is 0 Å². The van der Waals surface area contributed by atoms with Gasteiger partial charge in [-0.3, -0.25) is 4.79 Å². The minimum absolute atomic E-state index is 0.179. The first-order valence-electron chi connectivity index (χ1n) is 12.7. The molecule has 1 rings (SSSR count). The van der Waals surface area contributed by atoms with Crippen molar-refractivity contribution in [2.75, 3.05) is 19.0 Å². The molecule has 3 heteroatoms. The molecule has 3 nitrogen and oxygen atoms in total. The molecule has 0 radical (unpaired) electrons. The van der Waals surface area contributed by atoms with Crippen LogP contribution in [0.25, 0.3) is 0 Å². The molecule has 0 aromatic heterocycles. The molecule has 0 aliphatic heterocycles. The average molecular weight is 417 g/mol. The van der Waals surface area contributed by atoms with Crippen molar-refractivity contribution >= 4 is 11.6 Å². The van der Waals surface area contributed by atoms with E-state index in [9.17, 15) is 4.79 Å². The molecule has 1 aromatic rings. The maximum absolute atomic E-state index is 12.1. The SMILES string of the molecule is CCCCCCCCCCCCCCCCCC(=O)NCc1ccccc1N(C)C. The van der Waals surface area contributed by atoms with Crippen LogP contribution in [0.3, 0.4) is 0 Å². The Hall–Kier alpha value is -1.51. The van der Waals surface area contributed by atoms with Crippen LogP contribution in [0.15, 0.2) is 24.3 Å². The van der Waals surface area contributed by atoms with Gasteiger partial charge >= 0.3 is 0 Å². The van der Waals surface area contributed by atoms with Crippen LogP contribution in [0.2, 0.25) is 0 Å². The molecule has 172 valence electrons. The van der Waals surface area contributed by atoms with Crippen LogP contribution in [-0.4, -0.2) is 20.0 Å². The molecule has 0 unspecified atom stereocenters. The number of hydrogen-bond acceptors (Lipinski definition) is 2. The van der Waals surface area contributed by atoms with E-state index in [1.165, 1.54) is 101 Å². The molecule has 1 aromatic carbocycles. The Morgan fingerprint density at radius 3 is 1.70 bits per heavy atom. The number of para-hydroxylation sites is 1. The quantitative estimate of drug-likeness (QED) is 0.235. The summed E-state index contributed by atoms with van der Waals surface area (Å²) < 4.78 is 0. The fraction of sp³-hybridized carbons (Fsp3) is 0.741. The van der Waals surface area contributed by atoms with Crippen LogP contribution < -0.4 is 10.2 Å². The van der Waals surface area contributed by atoms with Crippen molar-refractivity contribution in [1.29, 1.82) is 0 Å². The Kier molecular flexibility index (Phi) is 16.2. The van der Waals surface area contributed by atoms with E-state index in [1.807, 2.05) is 26.2 Å². The molecule has 0 saturated heterocycles. The van der Waals surface area contributed by atoms with E-state index >= 15 is 0 Å². The van der Waals surface area contributed by atoms with Crippen LogP contribution >= 0.6 is 0 Å². The zero-order valence-electron chi connectivity index (χ0n) is 20.2. The van der Waals surface area contributed by atoms with Gasteiger partial charge in [-0.2, -0.15) is 0 Å². The lowest BCUT2D eigenvalue weighted by atomic mass is 10.0. The van der Waals surface area contributed by atoms with Gasteiger partial charge in [-0.05, 0) is 18.1 Å². The summed E-state index contributed by atoms with van der Waals surface area (Å²) in [7, 11) is 4.08. The molecule has 0 aliphatic carbocycles. The number of unbranched alkanes of at least 4 members (excludes halogenated alkanes) is 14. The fourth-order valence-corrected chi connectivity index (χ4v) is 4.04. The van der Waals surface area contributed by atoms with E-state index < -0.39 is 0 Å². The van der Waals surface area contributed by atoms with Gasteiger partial charge in [0.2, 0.25) is 5.91 Å². The van der Waals surface area contributed by atoms with Crippen molar-refractivity contribution < 1.29 is 4.79 Å². The second-order valence-corrected chi connectivity index (χ2v) is 9.00. The van der Waals surface area contributed by atoms with Gasteiger partial charge in [0.25, 0.3) is 0 Å². The number of carbonyl (C=O) groups is 1. The first-order valence-corrected chi connectivity index (χ1v) is 12.7. The highest BCUT2D eigenvalue weighted by Gasteiger charge is 2.06. The zero-order chi connectivity index (χ0) is 21.9. The lowest BCUT2D eigenvalue weighted by molar-refractivity contribution is -0.121. The van der Waals surface area contributed by atoms with E-state index in [0.29, 0.717) is 13.0 Å². The summed E-state index contributed by atoms with van der Waals surface area (Å²) in [4.78, 5) is 14.2. The number of benzene rings is 1. The topological polar surface area (TPSA) is 32.3 Å². The monoisotopic (exact) mass is 416 g/mol. The van der Waals surface area contributed by atoms with Crippen LogP contribution in [0.4, 0.5) is 5.69 Å². The molecule has 30 heavy (non-hydrogen) atoms. The summed E-state index contributed by atoms with van der Waals surface area (Å²) in [5.74, 6) is 0.179.